The SMILES string of the molecule is CCn1cc(S(=O)(=O)Nc2nn(Cc3ccccc3Cl)cc2Br)cn1. The van der Waals surface area contributed by atoms with Crippen molar-refractivity contribution < 1.29 is 8.42 Å². The van der Waals surface area contributed by atoms with E-state index in [4.69, 9.17) is 11.6 Å². The molecule has 0 aliphatic carbocycles. The van der Waals surface area contributed by atoms with Crippen LogP contribution in [0.5, 0.6) is 0 Å². The van der Waals surface area contributed by atoms with Crippen LogP contribution in [-0.2, 0) is 23.1 Å². The summed E-state index contributed by atoms with van der Waals surface area (Å²) in [5.74, 6) is 0.205. The van der Waals surface area contributed by atoms with Gasteiger partial charge in [-0.3, -0.25) is 14.1 Å². The van der Waals surface area contributed by atoms with Crippen molar-refractivity contribution in [3.8, 4) is 0 Å². The summed E-state index contributed by atoms with van der Waals surface area (Å²) in [4.78, 5) is 0.0851. The first-order chi connectivity index (χ1) is 11.9. The molecular formula is C15H15BrClN5O2S. The van der Waals surface area contributed by atoms with Crippen molar-refractivity contribution >= 4 is 43.4 Å². The molecule has 0 aliphatic heterocycles. The van der Waals surface area contributed by atoms with Gasteiger partial charge in [-0.25, -0.2) is 8.42 Å². The number of hydrogen-bond acceptors (Lipinski definition) is 4. The topological polar surface area (TPSA) is 81.8 Å². The highest BCUT2D eigenvalue weighted by atomic mass is 79.9. The molecule has 0 saturated carbocycles. The molecule has 2 aromatic heterocycles. The Morgan fingerprint density at radius 2 is 2.00 bits per heavy atom. The maximum Gasteiger partial charge on any atom is 0.266 e. The second-order valence-corrected chi connectivity index (χ2v) is 8.20. The molecular weight excluding hydrogens is 430 g/mol. The van der Waals surface area contributed by atoms with Gasteiger partial charge in [0.15, 0.2) is 5.82 Å². The van der Waals surface area contributed by atoms with Crippen LogP contribution in [0.3, 0.4) is 0 Å². The van der Waals surface area contributed by atoms with Crippen molar-refractivity contribution in [2.45, 2.75) is 24.9 Å². The first-order valence-electron chi connectivity index (χ1n) is 7.40. The van der Waals surface area contributed by atoms with Gasteiger partial charge in [0.05, 0.1) is 17.2 Å². The molecule has 3 rings (SSSR count). The quantitative estimate of drug-likeness (QED) is 0.632. The van der Waals surface area contributed by atoms with Crippen molar-refractivity contribution in [2.24, 2.45) is 0 Å². The van der Waals surface area contributed by atoms with E-state index in [1.54, 1.807) is 21.6 Å². The third-order valence-electron chi connectivity index (χ3n) is 3.48. The fraction of sp³-hybridized carbons (Fsp3) is 0.200. The number of nitrogens with one attached hydrogen (secondary N) is 1. The van der Waals surface area contributed by atoms with Gasteiger partial charge >= 0.3 is 0 Å². The van der Waals surface area contributed by atoms with Gasteiger partial charge in [0.1, 0.15) is 4.90 Å². The molecule has 0 bridgehead atoms. The molecule has 1 aromatic carbocycles. The summed E-state index contributed by atoms with van der Waals surface area (Å²) >= 11 is 9.48. The minimum absolute atomic E-state index is 0.0851. The zero-order chi connectivity index (χ0) is 18.0. The molecule has 0 spiro atoms. The average Bonchev–Trinajstić information content (AvgIpc) is 3.17. The first kappa shape index (κ1) is 18.0. The van der Waals surface area contributed by atoms with E-state index in [9.17, 15) is 8.42 Å². The molecule has 0 unspecified atom stereocenters. The van der Waals surface area contributed by atoms with Crippen LogP contribution < -0.4 is 4.72 Å². The fourth-order valence-electron chi connectivity index (χ4n) is 2.19. The van der Waals surface area contributed by atoms with E-state index < -0.39 is 10.0 Å². The molecule has 0 aliphatic rings. The summed E-state index contributed by atoms with van der Waals surface area (Å²) in [6.07, 6.45) is 4.47. The highest BCUT2D eigenvalue weighted by molar-refractivity contribution is 9.10. The second kappa shape index (κ2) is 7.19. The molecule has 7 nitrogen and oxygen atoms in total. The Kier molecular flexibility index (Phi) is 5.16. The van der Waals surface area contributed by atoms with Gasteiger partial charge in [-0.15, -0.1) is 0 Å². The van der Waals surface area contributed by atoms with Gasteiger partial charge in [0, 0.05) is 24.0 Å². The minimum atomic E-state index is -3.76. The summed E-state index contributed by atoms with van der Waals surface area (Å²) in [6.45, 7) is 2.89. The van der Waals surface area contributed by atoms with Gasteiger partial charge < -0.3 is 0 Å². The predicted octanol–water partition coefficient (Wildman–Crippen LogP) is 3.36. The van der Waals surface area contributed by atoms with E-state index in [0.29, 0.717) is 22.6 Å². The number of aromatic nitrogens is 4. The summed E-state index contributed by atoms with van der Waals surface area (Å²) in [5.41, 5.74) is 0.887. The Morgan fingerprint density at radius 3 is 2.68 bits per heavy atom. The van der Waals surface area contributed by atoms with Crippen LogP contribution in [0, 0.1) is 0 Å². The largest absolute Gasteiger partial charge is 0.272 e. The van der Waals surface area contributed by atoms with E-state index in [0.717, 1.165) is 5.56 Å². The lowest BCUT2D eigenvalue weighted by Gasteiger charge is -2.05. The van der Waals surface area contributed by atoms with Crippen LogP contribution in [0.25, 0.3) is 0 Å². The monoisotopic (exact) mass is 443 g/mol. The maximum absolute atomic E-state index is 12.4. The lowest BCUT2D eigenvalue weighted by Crippen LogP contribution is -2.13. The minimum Gasteiger partial charge on any atom is -0.272 e. The number of aryl methyl sites for hydroxylation is 1. The Hall–Kier alpha value is -1.84. The van der Waals surface area contributed by atoms with Crippen molar-refractivity contribution in [2.75, 3.05) is 4.72 Å². The van der Waals surface area contributed by atoms with Crippen LogP contribution in [0.4, 0.5) is 5.82 Å². The van der Waals surface area contributed by atoms with E-state index in [2.05, 4.69) is 30.8 Å². The summed E-state index contributed by atoms with van der Waals surface area (Å²) < 4.78 is 31.1. The van der Waals surface area contributed by atoms with Crippen LogP contribution in [0.2, 0.25) is 5.02 Å². The smallest absolute Gasteiger partial charge is 0.266 e. The molecule has 0 fully saturated rings. The molecule has 3 aromatic rings. The number of hydrogen-bond donors (Lipinski definition) is 1. The van der Waals surface area contributed by atoms with Crippen LogP contribution >= 0.6 is 27.5 Å². The van der Waals surface area contributed by atoms with Crippen LogP contribution in [0.15, 0.2) is 52.2 Å². The van der Waals surface area contributed by atoms with Gasteiger partial charge in [0.2, 0.25) is 0 Å². The second-order valence-electron chi connectivity index (χ2n) is 5.25. The molecule has 0 radical (unpaired) electrons. The molecule has 2 heterocycles. The van der Waals surface area contributed by atoms with E-state index >= 15 is 0 Å². The average molecular weight is 445 g/mol. The Labute approximate surface area is 158 Å². The number of nitrogens with zero attached hydrogens (tertiary/aromatic N) is 4. The number of benzene rings is 1. The molecule has 10 heteroatoms. The number of rotatable bonds is 6. The van der Waals surface area contributed by atoms with Gasteiger partial charge in [0.25, 0.3) is 10.0 Å². The van der Waals surface area contributed by atoms with E-state index in [1.807, 2.05) is 25.1 Å². The molecule has 0 saturated heterocycles. The summed E-state index contributed by atoms with van der Waals surface area (Å²) in [6, 6.07) is 7.42. The number of halogens is 2. The number of sulfonamides is 1. The Morgan fingerprint density at radius 1 is 1.24 bits per heavy atom. The van der Waals surface area contributed by atoms with Gasteiger partial charge in [-0.2, -0.15) is 10.2 Å². The first-order valence-corrected chi connectivity index (χ1v) is 10.1. The lowest BCUT2D eigenvalue weighted by atomic mass is 10.2. The Balaban J connectivity index is 1.82. The van der Waals surface area contributed by atoms with Crippen molar-refractivity contribution in [1.29, 1.82) is 0 Å². The van der Waals surface area contributed by atoms with Gasteiger partial charge in [-0.1, -0.05) is 29.8 Å². The molecule has 132 valence electrons. The van der Waals surface area contributed by atoms with E-state index in [1.165, 1.54) is 12.4 Å². The number of anilines is 1. The zero-order valence-corrected chi connectivity index (χ0v) is 16.4. The maximum atomic E-state index is 12.4. The summed E-state index contributed by atoms with van der Waals surface area (Å²) in [5, 5.41) is 8.89. The normalized spacial score (nSPS) is 11.6. The molecule has 0 amide bonds. The molecule has 1 N–H and O–H groups in total. The third-order valence-corrected chi connectivity index (χ3v) is 5.72. The highest BCUT2D eigenvalue weighted by Gasteiger charge is 2.20. The van der Waals surface area contributed by atoms with Gasteiger partial charge in [-0.05, 0) is 34.5 Å². The fourth-order valence-corrected chi connectivity index (χ4v) is 3.90. The van der Waals surface area contributed by atoms with Crippen molar-refractivity contribution in [1.82, 2.24) is 19.6 Å². The third kappa shape index (κ3) is 4.05. The summed E-state index contributed by atoms with van der Waals surface area (Å²) in [7, 11) is -3.76. The van der Waals surface area contributed by atoms with Crippen molar-refractivity contribution in [3.63, 3.8) is 0 Å². The predicted molar refractivity (Wildman–Crippen MR) is 99.2 cm³/mol. The molecule has 0 atom stereocenters. The van der Waals surface area contributed by atoms with Crippen LogP contribution in [-0.4, -0.2) is 28.0 Å². The lowest BCUT2D eigenvalue weighted by molar-refractivity contribution is 0.600. The van der Waals surface area contributed by atoms with Crippen LogP contribution in [0.1, 0.15) is 12.5 Å². The van der Waals surface area contributed by atoms with Crippen molar-refractivity contribution in [3.05, 3.63) is 57.9 Å². The highest BCUT2D eigenvalue weighted by Crippen LogP contribution is 2.24. The Bertz CT molecular complexity index is 999. The van der Waals surface area contributed by atoms with E-state index in [-0.39, 0.29) is 10.7 Å². The standard InChI is InChI=1S/C15H15BrClN5O2S/c1-2-21-9-12(7-18-21)25(23,24)20-15-13(16)10-22(19-15)8-11-5-3-4-6-14(11)17/h3-7,9-10H,2,8H2,1H3,(H,19,20). The molecule has 25 heavy (non-hydrogen) atoms. The zero-order valence-electron chi connectivity index (χ0n) is 13.2.